The van der Waals surface area contributed by atoms with Gasteiger partial charge in [0.05, 0.1) is 5.02 Å². The highest BCUT2D eigenvalue weighted by molar-refractivity contribution is 9.10. The number of amides is 2. The maximum atomic E-state index is 12.7. The minimum absolute atomic E-state index is 0.197. The summed E-state index contributed by atoms with van der Waals surface area (Å²) in [4.78, 5) is 26.3. The van der Waals surface area contributed by atoms with Crippen LogP contribution in [0.25, 0.3) is 0 Å². The third kappa shape index (κ3) is 6.26. The Bertz CT molecular complexity index is 786. The Morgan fingerprint density at radius 2 is 1.93 bits per heavy atom. The number of likely N-dealkylation sites (N-methyl/N-ethyl adjacent to an activating group) is 1. The number of nitrogens with zero attached hydrogens (tertiary/aromatic N) is 1. The molecule has 1 N–H and O–H groups in total. The molecular weight excluding hydrogens is 432 g/mol. The molecule has 0 saturated carbocycles. The van der Waals surface area contributed by atoms with E-state index in [9.17, 15) is 9.59 Å². The highest BCUT2D eigenvalue weighted by Gasteiger charge is 2.25. The molecular formula is C20H22BrClN2O3. The first-order valence-electron chi connectivity index (χ1n) is 8.55. The fourth-order valence-electron chi connectivity index (χ4n) is 2.59. The maximum absolute atomic E-state index is 12.7. The van der Waals surface area contributed by atoms with Crippen molar-refractivity contribution in [2.24, 2.45) is 0 Å². The summed E-state index contributed by atoms with van der Waals surface area (Å²) in [6.45, 7) is 1.92. The van der Waals surface area contributed by atoms with E-state index in [4.69, 9.17) is 16.3 Å². The number of halogens is 2. The van der Waals surface area contributed by atoms with Crippen molar-refractivity contribution in [2.45, 2.75) is 19.4 Å². The first-order valence-corrected chi connectivity index (χ1v) is 9.72. The first-order chi connectivity index (χ1) is 12.9. The van der Waals surface area contributed by atoms with Crippen LogP contribution in [0.2, 0.25) is 5.02 Å². The van der Waals surface area contributed by atoms with Gasteiger partial charge in [-0.25, -0.2) is 0 Å². The Labute approximate surface area is 172 Å². The molecule has 5 nitrogen and oxygen atoms in total. The Morgan fingerprint density at radius 3 is 2.56 bits per heavy atom. The second kappa shape index (κ2) is 10.3. The lowest BCUT2D eigenvalue weighted by Crippen LogP contribution is -2.49. The fourth-order valence-corrected chi connectivity index (χ4v) is 3.32. The SMILES string of the molecule is CNC(=O)[C@@H](C)N(CCc1ccccc1)C(=O)COc1ccc(Br)cc1Cl. The first kappa shape index (κ1) is 21.3. The fraction of sp³-hybridized carbons (Fsp3) is 0.300. The summed E-state index contributed by atoms with van der Waals surface area (Å²) in [5.74, 6) is -0.0806. The van der Waals surface area contributed by atoms with Crippen LogP contribution in [0.3, 0.4) is 0 Å². The summed E-state index contributed by atoms with van der Waals surface area (Å²) >= 11 is 9.45. The molecule has 2 aromatic carbocycles. The van der Waals surface area contributed by atoms with Crippen molar-refractivity contribution in [3.63, 3.8) is 0 Å². The third-order valence-electron chi connectivity index (χ3n) is 4.14. The summed E-state index contributed by atoms with van der Waals surface area (Å²) < 4.78 is 6.40. The maximum Gasteiger partial charge on any atom is 0.261 e. The van der Waals surface area contributed by atoms with Crippen molar-refractivity contribution in [2.75, 3.05) is 20.2 Å². The standard InChI is InChI=1S/C20H22BrClN2O3/c1-14(20(26)23-2)24(11-10-15-6-4-3-5-7-15)19(25)13-27-18-9-8-16(21)12-17(18)22/h3-9,12,14H,10-11,13H2,1-2H3,(H,23,26)/t14-/m1/s1. The molecule has 0 unspecified atom stereocenters. The van der Waals surface area contributed by atoms with Crippen LogP contribution in [-0.2, 0) is 16.0 Å². The molecule has 0 fully saturated rings. The summed E-state index contributed by atoms with van der Waals surface area (Å²) in [5, 5.41) is 3.00. The molecule has 144 valence electrons. The molecule has 2 aromatic rings. The van der Waals surface area contributed by atoms with Crippen molar-refractivity contribution >= 4 is 39.3 Å². The number of carbonyl (C=O) groups excluding carboxylic acids is 2. The molecule has 0 aliphatic carbocycles. The van der Waals surface area contributed by atoms with Gasteiger partial charge in [0.15, 0.2) is 6.61 Å². The van der Waals surface area contributed by atoms with Crippen LogP contribution >= 0.6 is 27.5 Å². The van der Waals surface area contributed by atoms with Crippen LogP contribution in [0.5, 0.6) is 5.75 Å². The number of benzene rings is 2. The van der Waals surface area contributed by atoms with Crippen LogP contribution in [-0.4, -0.2) is 43.0 Å². The average molecular weight is 454 g/mol. The van der Waals surface area contributed by atoms with Gasteiger partial charge in [0.25, 0.3) is 5.91 Å². The number of carbonyl (C=O) groups is 2. The van der Waals surface area contributed by atoms with Crippen molar-refractivity contribution in [3.8, 4) is 5.75 Å². The van der Waals surface area contributed by atoms with E-state index >= 15 is 0 Å². The molecule has 0 aromatic heterocycles. The highest BCUT2D eigenvalue weighted by Crippen LogP contribution is 2.27. The lowest BCUT2D eigenvalue weighted by molar-refractivity contribution is -0.141. The van der Waals surface area contributed by atoms with Crippen molar-refractivity contribution < 1.29 is 14.3 Å². The quantitative estimate of drug-likeness (QED) is 0.663. The molecule has 0 aliphatic rings. The number of hydrogen-bond acceptors (Lipinski definition) is 3. The predicted molar refractivity (Wildman–Crippen MR) is 110 cm³/mol. The van der Waals surface area contributed by atoms with Crippen molar-refractivity contribution in [3.05, 3.63) is 63.6 Å². The van der Waals surface area contributed by atoms with Gasteiger partial charge in [-0.2, -0.15) is 0 Å². The number of ether oxygens (including phenoxy) is 1. The zero-order chi connectivity index (χ0) is 19.8. The van der Waals surface area contributed by atoms with E-state index < -0.39 is 6.04 Å². The average Bonchev–Trinajstić information content (AvgIpc) is 2.67. The van der Waals surface area contributed by atoms with Crippen molar-refractivity contribution in [1.29, 1.82) is 0 Å². The van der Waals surface area contributed by atoms with Gasteiger partial charge >= 0.3 is 0 Å². The van der Waals surface area contributed by atoms with Gasteiger partial charge in [-0.15, -0.1) is 0 Å². The van der Waals surface area contributed by atoms with E-state index in [2.05, 4.69) is 21.2 Å². The minimum atomic E-state index is -0.602. The van der Waals surface area contributed by atoms with Gasteiger partial charge in [0, 0.05) is 18.1 Å². The van der Waals surface area contributed by atoms with Gasteiger partial charge < -0.3 is 15.0 Å². The van der Waals surface area contributed by atoms with Gasteiger partial charge in [0.1, 0.15) is 11.8 Å². The van der Waals surface area contributed by atoms with Crippen molar-refractivity contribution in [1.82, 2.24) is 10.2 Å². The largest absolute Gasteiger partial charge is 0.482 e. The molecule has 0 aliphatic heterocycles. The second-order valence-corrected chi connectivity index (χ2v) is 7.30. The lowest BCUT2D eigenvalue weighted by atomic mass is 10.1. The summed E-state index contributed by atoms with van der Waals surface area (Å²) in [5.41, 5.74) is 1.09. The Balaban J connectivity index is 2.06. The van der Waals surface area contributed by atoms with Gasteiger partial charge in [-0.3, -0.25) is 9.59 Å². The Hall–Kier alpha value is -2.05. The second-order valence-electron chi connectivity index (χ2n) is 5.98. The number of rotatable bonds is 8. The zero-order valence-electron chi connectivity index (χ0n) is 15.2. The molecule has 0 bridgehead atoms. The van der Waals surface area contributed by atoms with Crippen LogP contribution < -0.4 is 10.1 Å². The lowest BCUT2D eigenvalue weighted by Gasteiger charge is -2.28. The number of nitrogens with one attached hydrogen (secondary N) is 1. The Kier molecular flexibility index (Phi) is 8.13. The monoisotopic (exact) mass is 452 g/mol. The predicted octanol–water partition coefficient (Wildman–Crippen LogP) is 3.69. The van der Waals surface area contributed by atoms with E-state index in [1.165, 1.54) is 4.90 Å². The summed E-state index contributed by atoms with van der Waals surface area (Å²) in [6.07, 6.45) is 0.646. The van der Waals surface area contributed by atoms with Crippen LogP contribution in [0.4, 0.5) is 0 Å². The Morgan fingerprint density at radius 1 is 1.22 bits per heavy atom. The molecule has 0 radical (unpaired) electrons. The zero-order valence-corrected chi connectivity index (χ0v) is 17.6. The van der Waals surface area contributed by atoms with E-state index in [-0.39, 0.29) is 18.4 Å². The normalized spacial score (nSPS) is 11.6. The van der Waals surface area contributed by atoms with Crippen LogP contribution in [0.15, 0.2) is 53.0 Å². The molecule has 2 rings (SSSR count). The molecule has 1 atom stereocenters. The molecule has 7 heteroatoms. The minimum Gasteiger partial charge on any atom is -0.482 e. The third-order valence-corrected chi connectivity index (χ3v) is 4.93. The molecule has 0 heterocycles. The van der Waals surface area contributed by atoms with E-state index in [0.29, 0.717) is 23.7 Å². The molecule has 0 spiro atoms. The van der Waals surface area contributed by atoms with Crippen LogP contribution in [0, 0.1) is 0 Å². The highest BCUT2D eigenvalue weighted by atomic mass is 79.9. The van der Waals surface area contributed by atoms with Gasteiger partial charge in [-0.05, 0) is 37.1 Å². The van der Waals surface area contributed by atoms with E-state index in [1.807, 2.05) is 30.3 Å². The summed E-state index contributed by atoms with van der Waals surface area (Å²) in [7, 11) is 1.55. The smallest absolute Gasteiger partial charge is 0.261 e. The van der Waals surface area contributed by atoms with Gasteiger partial charge in [-0.1, -0.05) is 57.9 Å². The topological polar surface area (TPSA) is 58.6 Å². The number of hydrogen-bond donors (Lipinski definition) is 1. The van der Waals surface area contributed by atoms with Gasteiger partial charge in [0.2, 0.25) is 5.91 Å². The molecule has 27 heavy (non-hydrogen) atoms. The molecule has 0 saturated heterocycles. The van der Waals surface area contributed by atoms with Crippen LogP contribution in [0.1, 0.15) is 12.5 Å². The molecule has 2 amide bonds. The van der Waals surface area contributed by atoms with E-state index in [0.717, 1.165) is 10.0 Å². The summed E-state index contributed by atoms with van der Waals surface area (Å²) in [6, 6.07) is 14.4. The van der Waals surface area contributed by atoms with E-state index in [1.54, 1.807) is 32.2 Å².